The number of methoxy groups -OCH3 is 2. The van der Waals surface area contributed by atoms with E-state index in [1.165, 1.54) is 31.9 Å². The zero-order valence-corrected chi connectivity index (χ0v) is 18.0. The van der Waals surface area contributed by atoms with Gasteiger partial charge in [-0.2, -0.15) is 0 Å². The molecule has 28 heavy (non-hydrogen) atoms. The Balaban J connectivity index is 2.50. The normalized spacial score (nSPS) is 29.3. The van der Waals surface area contributed by atoms with Gasteiger partial charge < -0.3 is 34.5 Å². The number of hydrogen-bond acceptors (Lipinski definition) is 7. The standard InChI is InChI=1S/C21H41NO6/c1-5-7-8-9-10-11-16(25-4)12-14-26-20-18(22)21(27-13-6-2)28-17(15-24-3)19(20)23/h6,13,16-21,23H,5,7-12,14-15,22H2,1-4H3/b13-6-/t16-,17-,18?,19-,20-,21+/m1/s1. The summed E-state index contributed by atoms with van der Waals surface area (Å²) in [7, 11) is 3.30. The van der Waals surface area contributed by atoms with Gasteiger partial charge in [-0.3, -0.25) is 0 Å². The number of ether oxygens (including phenoxy) is 5. The summed E-state index contributed by atoms with van der Waals surface area (Å²) in [5, 5.41) is 10.6. The van der Waals surface area contributed by atoms with Crippen LogP contribution in [0.4, 0.5) is 0 Å². The van der Waals surface area contributed by atoms with Crippen LogP contribution in [-0.4, -0.2) is 69.3 Å². The zero-order valence-electron chi connectivity index (χ0n) is 18.0. The molecule has 0 spiro atoms. The van der Waals surface area contributed by atoms with Gasteiger partial charge in [0.1, 0.15) is 18.3 Å². The summed E-state index contributed by atoms with van der Waals surface area (Å²) in [6.45, 7) is 4.76. The maximum Gasteiger partial charge on any atom is 0.217 e. The van der Waals surface area contributed by atoms with Crippen LogP contribution in [0.25, 0.3) is 0 Å². The van der Waals surface area contributed by atoms with Crippen molar-refractivity contribution < 1.29 is 28.8 Å². The molecule has 0 aromatic carbocycles. The maximum atomic E-state index is 10.6. The fourth-order valence-corrected chi connectivity index (χ4v) is 3.42. The van der Waals surface area contributed by atoms with E-state index in [4.69, 9.17) is 29.4 Å². The van der Waals surface area contributed by atoms with E-state index in [-0.39, 0.29) is 12.7 Å². The molecule has 0 bridgehead atoms. The van der Waals surface area contributed by atoms with E-state index in [2.05, 4.69) is 6.92 Å². The van der Waals surface area contributed by atoms with Crippen molar-refractivity contribution in [2.24, 2.45) is 5.73 Å². The van der Waals surface area contributed by atoms with E-state index in [0.29, 0.717) is 6.61 Å². The van der Waals surface area contributed by atoms with E-state index >= 15 is 0 Å². The lowest BCUT2D eigenvalue weighted by molar-refractivity contribution is -0.260. The van der Waals surface area contributed by atoms with Crippen molar-refractivity contribution in [3.05, 3.63) is 12.3 Å². The molecule has 1 fully saturated rings. The minimum atomic E-state index is -0.879. The van der Waals surface area contributed by atoms with Gasteiger partial charge in [0.15, 0.2) is 0 Å². The van der Waals surface area contributed by atoms with Crippen LogP contribution in [0.2, 0.25) is 0 Å². The third-order valence-electron chi connectivity index (χ3n) is 5.11. The highest BCUT2D eigenvalue weighted by molar-refractivity contribution is 4.93. The van der Waals surface area contributed by atoms with Crippen molar-refractivity contribution >= 4 is 0 Å². The molecule has 1 aliphatic rings. The van der Waals surface area contributed by atoms with Crippen LogP contribution in [0.15, 0.2) is 12.3 Å². The summed E-state index contributed by atoms with van der Waals surface area (Å²) in [6, 6.07) is -0.602. The topological polar surface area (TPSA) is 92.4 Å². The molecule has 3 N–H and O–H groups in total. The fraction of sp³-hybridized carbons (Fsp3) is 0.905. The predicted molar refractivity (Wildman–Crippen MR) is 109 cm³/mol. The highest BCUT2D eigenvalue weighted by Gasteiger charge is 2.45. The number of aliphatic hydroxyl groups excluding tert-OH is 1. The number of unbranched alkanes of at least 4 members (excludes halogenated alkanes) is 4. The van der Waals surface area contributed by atoms with E-state index in [1.807, 2.05) is 6.92 Å². The number of hydrogen-bond donors (Lipinski definition) is 2. The molecule has 7 nitrogen and oxygen atoms in total. The predicted octanol–water partition coefficient (Wildman–Crippen LogP) is 2.75. The van der Waals surface area contributed by atoms with Crippen molar-refractivity contribution in [3.63, 3.8) is 0 Å². The number of aliphatic hydroxyl groups is 1. The van der Waals surface area contributed by atoms with Crippen molar-refractivity contribution in [2.45, 2.75) is 95.5 Å². The molecular formula is C21H41NO6. The highest BCUT2D eigenvalue weighted by Crippen LogP contribution is 2.24. The van der Waals surface area contributed by atoms with Crippen molar-refractivity contribution in [2.75, 3.05) is 27.4 Å². The average Bonchev–Trinajstić information content (AvgIpc) is 2.70. The van der Waals surface area contributed by atoms with Crippen molar-refractivity contribution in [1.82, 2.24) is 0 Å². The molecule has 1 unspecified atom stereocenters. The van der Waals surface area contributed by atoms with Crippen LogP contribution >= 0.6 is 0 Å². The number of allylic oxidation sites excluding steroid dienone is 1. The average molecular weight is 404 g/mol. The number of nitrogens with two attached hydrogens (primary N) is 1. The van der Waals surface area contributed by atoms with Gasteiger partial charge in [-0.15, -0.1) is 0 Å². The zero-order chi connectivity index (χ0) is 20.8. The van der Waals surface area contributed by atoms with Crippen molar-refractivity contribution in [1.29, 1.82) is 0 Å². The Labute approximate surface area is 170 Å². The quantitative estimate of drug-likeness (QED) is 0.321. The first kappa shape index (κ1) is 25.3. The van der Waals surface area contributed by atoms with Gasteiger partial charge in [0.2, 0.25) is 6.29 Å². The lowest BCUT2D eigenvalue weighted by Crippen LogP contribution is -2.63. The molecule has 0 aliphatic carbocycles. The minimum Gasteiger partial charge on any atom is -0.471 e. The third-order valence-corrected chi connectivity index (χ3v) is 5.11. The molecule has 1 saturated heterocycles. The summed E-state index contributed by atoms with van der Waals surface area (Å²) < 4.78 is 28.0. The summed E-state index contributed by atoms with van der Waals surface area (Å²) >= 11 is 0. The lowest BCUT2D eigenvalue weighted by Gasteiger charge is -2.42. The van der Waals surface area contributed by atoms with Gasteiger partial charge in [0.25, 0.3) is 0 Å². The second-order valence-corrected chi connectivity index (χ2v) is 7.36. The summed E-state index contributed by atoms with van der Waals surface area (Å²) in [6.07, 6.45) is 8.72. The molecule has 0 saturated carbocycles. The summed E-state index contributed by atoms with van der Waals surface area (Å²) in [5.74, 6) is 0. The monoisotopic (exact) mass is 403 g/mol. The third kappa shape index (κ3) is 8.76. The van der Waals surface area contributed by atoms with Gasteiger partial charge in [-0.05, 0) is 19.8 Å². The van der Waals surface area contributed by atoms with Crippen LogP contribution < -0.4 is 5.73 Å². The Kier molecular flexibility index (Phi) is 13.7. The van der Waals surface area contributed by atoms with E-state index in [0.717, 1.165) is 19.3 Å². The van der Waals surface area contributed by atoms with Crippen molar-refractivity contribution in [3.8, 4) is 0 Å². The van der Waals surface area contributed by atoms with Crippen LogP contribution in [0.1, 0.15) is 58.8 Å². The molecule has 1 rings (SSSR count). The van der Waals surface area contributed by atoms with Crippen LogP contribution in [-0.2, 0) is 23.7 Å². The fourth-order valence-electron chi connectivity index (χ4n) is 3.42. The first-order chi connectivity index (χ1) is 13.6. The molecule has 0 radical (unpaired) electrons. The lowest BCUT2D eigenvalue weighted by atomic mass is 9.97. The second kappa shape index (κ2) is 15.2. The van der Waals surface area contributed by atoms with E-state index < -0.39 is 30.6 Å². The largest absolute Gasteiger partial charge is 0.471 e. The van der Waals surface area contributed by atoms with Gasteiger partial charge in [0.05, 0.1) is 25.0 Å². The molecule has 6 atom stereocenters. The Morgan fingerprint density at radius 1 is 1.14 bits per heavy atom. The molecule has 7 heteroatoms. The molecule has 0 aromatic heterocycles. The van der Waals surface area contributed by atoms with Crippen LogP contribution in [0.3, 0.4) is 0 Å². The van der Waals surface area contributed by atoms with E-state index in [1.54, 1.807) is 20.3 Å². The van der Waals surface area contributed by atoms with Gasteiger partial charge in [-0.25, -0.2) is 0 Å². The van der Waals surface area contributed by atoms with Gasteiger partial charge >= 0.3 is 0 Å². The molecule has 0 aromatic rings. The summed E-state index contributed by atoms with van der Waals surface area (Å²) in [4.78, 5) is 0. The van der Waals surface area contributed by atoms with Crippen LogP contribution in [0.5, 0.6) is 0 Å². The first-order valence-electron chi connectivity index (χ1n) is 10.6. The Bertz CT molecular complexity index is 408. The molecule has 0 amide bonds. The summed E-state index contributed by atoms with van der Waals surface area (Å²) in [5.41, 5.74) is 6.25. The Morgan fingerprint density at radius 3 is 2.54 bits per heavy atom. The number of rotatable bonds is 15. The van der Waals surface area contributed by atoms with E-state index in [9.17, 15) is 5.11 Å². The molecule has 1 aliphatic heterocycles. The maximum absolute atomic E-state index is 10.6. The van der Waals surface area contributed by atoms with Gasteiger partial charge in [0, 0.05) is 20.8 Å². The smallest absolute Gasteiger partial charge is 0.217 e. The first-order valence-corrected chi connectivity index (χ1v) is 10.6. The minimum absolute atomic E-state index is 0.152. The second-order valence-electron chi connectivity index (χ2n) is 7.36. The van der Waals surface area contributed by atoms with Gasteiger partial charge in [-0.1, -0.05) is 45.1 Å². The SMILES string of the molecule is C/C=C\O[C@H]1O[C@H](COC)[C@@H](O)[C@H](OCC[C@@H](CCCCCCC)OC)C1N. The Morgan fingerprint density at radius 2 is 1.89 bits per heavy atom. The Hall–Kier alpha value is -0.700. The highest BCUT2D eigenvalue weighted by atomic mass is 16.7. The molecule has 1 heterocycles. The molecular weight excluding hydrogens is 362 g/mol. The van der Waals surface area contributed by atoms with Crippen LogP contribution in [0, 0.1) is 0 Å². The molecule has 166 valence electrons.